The van der Waals surface area contributed by atoms with Gasteiger partial charge in [-0.3, -0.25) is 0 Å². The third kappa shape index (κ3) is 13.6. The van der Waals surface area contributed by atoms with Crippen molar-refractivity contribution in [1.29, 1.82) is 0 Å². The molecule has 0 aliphatic rings. The predicted octanol–water partition coefficient (Wildman–Crippen LogP) is 5.82. The van der Waals surface area contributed by atoms with E-state index in [1.807, 2.05) is 0 Å². The molecule has 0 fully saturated rings. The van der Waals surface area contributed by atoms with Gasteiger partial charge in [0, 0.05) is 13.2 Å². The Kier molecular flexibility index (Phi) is 12.3. The Hall–Kier alpha value is -0.0800. The molecule has 2 unspecified atom stereocenters. The summed E-state index contributed by atoms with van der Waals surface area (Å²) in [6, 6.07) is 0. The zero-order valence-corrected chi connectivity index (χ0v) is 16.2. The summed E-state index contributed by atoms with van der Waals surface area (Å²) < 4.78 is 6.12. The van der Waals surface area contributed by atoms with Crippen LogP contribution in [0.25, 0.3) is 0 Å². The minimum atomic E-state index is -0.00339. The van der Waals surface area contributed by atoms with Crippen LogP contribution >= 0.6 is 0 Å². The Morgan fingerprint density at radius 3 is 2.00 bits per heavy atom. The van der Waals surface area contributed by atoms with Gasteiger partial charge in [-0.25, -0.2) is 0 Å². The topological polar surface area (TPSA) is 29.5 Å². The second kappa shape index (κ2) is 12.4. The van der Waals surface area contributed by atoms with Crippen LogP contribution in [0.2, 0.25) is 0 Å². The Morgan fingerprint density at radius 1 is 0.818 bits per heavy atom. The lowest BCUT2D eigenvalue weighted by atomic mass is 9.95. The SMILES string of the molecule is CC(C)CCCC(C)CCOC(C)(C)CCCC(C)CCO. The first-order valence-electron chi connectivity index (χ1n) is 9.51. The van der Waals surface area contributed by atoms with E-state index in [0.717, 1.165) is 31.3 Å². The van der Waals surface area contributed by atoms with Crippen molar-refractivity contribution in [1.82, 2.24) is 0 Å². The average molecular weight is 315 g/mol. The highest BCUT2D eigenvalue weighted by Crippen LogP contribution is 2.22. The fourth-order valence-corrected chi connectivity index (χ4v) is 2.87. The van der Waals surface area contributed by atoms with Gasteiger partial charge in [-0.1, -0.05) is 59.8 Å². The standard InChI is InChI=1S/C20H42O2/c1-17(2)9-7-10-19(4)13-16-22-20(5,6)14-8-11-18(3)12-15-21/h17-19,21H,7-16H2,1-6H3. The summed E-state index contributed by atoms with van der Waals surface area (Å²) >= 11 is 0. The van der Waals surface area contributed by atoms with Crippen LogP contribution in [0.15, 0.2) is 0 Å². The largest absolute Gasteiger partial charge is 0.396 e. The van der Waals surface area contributed by atoms with E-state index in [9.17, 15) is 0 Å². The van der Waals surface area contributed by atoms with Crippen LogP contribution in [0.1, 0.15) is 92.9 Å². The lowest BCUT2D eigenvalue weighted by molar-refractivity contribution is -0.0307. The monoisotopic (exact) mass is 314 g/mol. The number of rotatable bonds is 14. The van der Waals surface area contributed by atoms with Gasteiger partial charge in [0.2, 0.25) is 0 Å². The van der Waals surface area contributed by atoms with E-state index in [1.54, 1.807) is 0 Å². The molecule has 22 heavy (non-hydrogen) atoms. The van der Waals surface area contributed by atoms with Gasteiger partial charge in [0.15, 0.2) is 0 Å². The molecule has 0 aromatic heterocycles. The Balaban J connectivity index is 3.69. The Morgan fingerprint density at radius 2 is 1.41 bits per heavy atom. The van der Waals surface area contributed by atoms with Crippen LogP contribution in [0.4, 0.5) is 0 Å². The maximum absolute atomic E-state index is 8.93. The molecule has 0 heterocycles. The maximum atomic E-state index is 8.93. The molecule has 0 amide bonds. The van der Waals surface area contributed by atoms with E-state index in [-0.39, 0.29) is 5.60 Å². The minimum absolute atomic E-state index is 0.00339. The molecule has 1 N–H and O–H groups in total. The summed E-state index contributed by atoms with van der Waals surface area (Å²) in [6.45, 7) is 14.8. The van der Waals surface area contributed by atoms with Crippen molar-refractivity contribution in [2.45, 2.75) is 98.5 Å². The molecule has 0 aliphatic carbocycles. The summed E-state index contributed by atoms with van der Waals surface area (Å²) in [5, 5.41) is 8.93. The first-order valence-corrected chi connectivity index (χ1v) is 9.51. The van der Waals surface area contributed by atoms with Gasteiger partial charge >= 0.3 is 0 Å². The first kappa shape index (κ1) is 21.9. The number of hydrogen-bond acceptors (Lipinski definition) is 2. The van der Waals surface area contributed by atoms with Crippen LogP contribution in [-0.2, 0) is 4.74 Å². The molecule has 2 heteroatoms. The Bertz CT molecular complexity index is 248. The molecule has 0 aliphatic heterocycles. The quantitative estimate of drug-likeness (QED) is 0.437. The normalized spacial score (nSPS) is 15.3. The van der Waals surface area contributed by atoms with E-state index in [4.69, 9.17) is 9.84 Å². The van der Waals surface area contributed by atoms with Gasteiger partial charge in [-0.2, -0.15) is 0 Å². The fraction of sp³-hybridized carbons (Fsp3) is 1.00. The number of hydrogen-bond donors (Lipinski definition) is 1. The second-order valence-corrected chi connectivity index (χ2v) is 8.34. The molecule has 2 atom stereocenters. The van der Waals surface area contributed by atoms with Crippen molar-refractivity contribution in [3.05, 3.63) is 0 Å². The fourth-order valence-electron chi connectivity index (χ4n) is 2.87. The zero-order valence-electron chi connectivity index (χ0n) is 16.2. The highest BCUT2D eigenvalue weighted by molar-refractivity contribution is 4.70. The van der Waals surface area contributed by atoms with Crippen molar-refractivity contribution in [2.24, 2.45) is 17.8 Å². The summed E-state index contributed by atoms with van der Waals surface area (Å²) in [4.78, 5) is 0. The molecule has 0 saturated heterocycles. The van der Waals surface area contributed by atoms with E-state index in [1.165, 1.54) is 38.5 Å². The van der Waals surface area contributed by atoms with Crippen LogP contribution in [-0.4, -0.2) is 23.9 Å². The van der Waals surface area contributed by atoms with Crippen molar-refractivity contribution >= 4 is 0 Å². The van der Waals surface area contributed by atoms with Gasteiger partial charge in [-0.15, -0.1) is 0 Å². The average Bonchev–Trinajstić information content (AvgIpc) is 2.38. The number of aliphatic hydroxyl groups is 1. The molecule has 0 spiro atoms. The molecular formula is C20H42O2. The van der Waals surface area contributed by atoms with Crippen LogP contribution in [0.5, 0.6) is 0 Å². The number of ether oxygens (including phenoxy) is 1. The first-order chi connectivity index (χ1) is 10.3. The highest BCUT2D eigenvalue weighted by atomic mass is 16.5. The van der Waals surface area contributed by atoms with Crippen LogP contribution < -0.4 is 0 Å². The van der Waals surface area contributed by atoms with E-state index < -0.39 is 0 Å². The van der Waals surface area contributed by atoms with Crippen molar-refractivity contribution in [3.8, 4) is 0 Å². The lowest BCUT2D eigenvalue weighted by Gasteiger charge is -2.27. The van der Waals surface area contributed by atoms with E-state index in [2.05, 4.69) is 41.5 Å². The smallest absolute Gasteiger partial charge is 0.0626 e. The molecule has 0 radical (unpaired) electrons. The van der Waals surface area contributed by atoms with Gasteiger partial charge < -0.3 is 9.84 Å². The van der Waals surface area contributed by atoms with Crippen molar-refractivity contribution in [2.75, 3.05) is 13.2 Å². The Labute approximate surface area is 140 Å². The molecule has 0 bridgehead atoms. The van der Waals surface area contributed by atoms with Gasteiger partial charge in [-0.05, 0) is 50.9 Å². The van der Waals surface area contributed by atoms with Crippen molar-refractivity contribution in [3.63, 3.8) is 0 Å². The molecule has 0 saturated carbocycles. The van der Waals surface area contributed by atoms with Crippen molar-refractivity contribution < 1.29 is 9.84 Å². The molecule has 2 nitrogen and oxygen atoms in total. The summed E-state index contributed by atoms with van der Waals surface area (Å²) in [6.07, 6.45) is 9.65. The van der Waals surface area contributed by atoms with Crippen LogP contribution in [0, 0.1) is 17.8 Å². The second-order valence-electron chi connectivity index (χ2n) is 8.34. The summed E-state index contributed by atoms with van der Waals surface area (Å²) in [7, 11) is 0. The molecular weight excluding hydrogens is 272 g/mol. The van der Waals surface area contributed by atoms with E-state index >= 15 is 0 Å². The summed E-state index contributed by atoms with van der Waals surface area (Å²) in [5.41, 5.74) is -0.00339. The summed E-state index contributed by atoms with van der Waals surface area (Å²) in [5.74, 6) is 2.23. The molecule has 134 valence electrons. The van der Waals surface area contributed by atoms with Gasteiger partial charge in [0.1, 0.15) is 0 Å². The predicted molar refractivity (Wildman–Crippen MR) is 97.2 cm³/mol. The van der Waals surface area contributed by atoms with E-state index in [0.29, 0.717) is 12.5 Å². The third-order valence-electron chi connectivity index (χ3n) is 4.68. The molecule has 0 aromatic carbocycles. The zero-order chi connectivity index (χ0) is 17.0. The lowest BCUT2D eigenvalue weighted by Crippen LogP contribution is -2.25. The van der Waals surface area contributed by atoms with Crippen LogP contribution in [0.3, 0.4) is 0 Å². The minimum Gasteiger partial charge on any atom is -0.396 e. The molecule has 0 aromatic rings. The molecule has 0 rings (SSSR count). The third-order valence-corrected chi connectivity index (χ3v) is 4.68. The maximum Gasteiger partial charge on any atom is 0.0626 e. The number of aliphatic hydroxyl groups excluding tert-OH is 1. The van der Waals surface area contributed by atoms with Gasteiger partial charge in [0.25, 0.3) is 0 Å². The highest BCUT2D eigenvalue weighted by Gasteiger charge is 2.18. The van der Waals surface area contributed by atoms with Gasteiger partial charge in [0.05, 0.1) is 5.60 Å².